The Morgan fingerprint density at radius 3 is 2.88 bits per heavy atom. The normalized spacial score (nSPS) is 29.5. The highest BCUT2D eigenvalue weighted by Crippen LogP contribution is 2.25. The largest absolute Gasteiger partial charge is 0.298 e. The van der Waals surface area contributed by atoms with E-state index in [-0.39, 0.29) is 5.91 Å². The summed E-state index contributed by atoms with van der Waals surface area (Å²) in [5.74, 6) is 0.493. The number of carbonyl (C=O) groups is 1. The molecule has 0 unspecified atom stereocenters. The van der Waals surface area contributed by atoms with Gasteiger partial charge in [-0.25, -0.2) is 5.43 Å². The Bertz CT molecular complexity index is 433. The van der Waals surface area contributed by atoms with E-state index in [2.05, 4.69) is 15.4 Å². The lowest BCUT2D eigenvalue weighted by Gasteiger charge is -2.39. The Labute approximate surface area is 104 Å². The van der Waals surface area contributed by atoms with Crippen molar-refractivity contribution in [2.45, 2.75) is 12.8 Å². The lowest BCUT2D eigenvalue weighted by molar-refractivity contribution is 0.0957. The summed E-state index contributed by atoms with van der Waals surface area (Å²) in [5, 5.41) is 6.20. The number of rotatable bonds is 2. The molecule has 0 atom stereocenters. The van der Waals surface area contributed by atoms with Crippen molar-refractivity contribution in [3.05, 3.63) is 22.4 Å². The molecule has 3 saturated heterocycles. The number of carbonyl (C=O) groups excluding carboxylic acids is 1. The van der Waals surface area contributed by atoms with E-state index in [0.29, 0.717) is 5.92 Å². The van der Waals surface area contributed by atoms with Crippen molar-refractivity contribution in [2.24, 2.45) is 11.0 Å². The molecular weight excluding hydrogens is 234 g/mol. The SMILES string of the molecule is O=C(N/N=C1\CN2CCC1CC2)c1cccs1. The van der Waals surface area contributed by atoms with Crippen LogP contribution < -0.4 is 5.43 Å². The first-order chi connectivity index (χ1) is 8.33. The first kappa shape index (κ1) is 10.9. The first-order valence-corrected chi connectivity index (χ1v) is 6.83. The molecule has 4 nitrogen and oxygen atoms in total. The lowest BCUT2D eigenvalue weighted by atomic mass is 9.87. The van der Waals surface area contributed by atoms with Crippen molar-refractivity contribution >= 4 is 23.0 Å². The Morgan fingerprint density at radius 2 is 2.29 bits per heavy atom. The molecule has 3 aliphatic rings. The van der Waals surface area contributed by atoms with E-state index in [1.165, 1.54) is 37.3 Å². The van der Waals surface area contributed by atoms with Crippen LogP contribution >= 0.6 is 11.3 Å². The monoisotopic (exact) mass is 249 g/mol. The summed E-state index contributed by atoms with van der Waals surface area (Å²) in [7, 11) is 0. The number of piperidine rings is 3. The summed E-state index contributed by atoms with van der Waals surface area (Å²) in [6.45, 7) is 3.29. The summed E-state index contributed by atoms with van der Waals surface area (Å²) in [4.78, 5) is 14.9. The third-order valence-corrected chi connectivity index (χ3v) is 4.36. The zero-order valence-electron chi connectivity index (χ0n) is 9.56. The van der Waals surface area contributed by atoms with Crippen LogP contribution in [0.15, 0.2) is 22.6 Å². The predicted octanol–water partition coefficient (Wildman–Crippen LogP) is 1.56. The molecule has 4 rings (SSSR count). The quantitative estimate of drug-likeness (QED) is 0.808. The molecule has 1 N–H and O–H groups in total. The van der Waals surface area contributed by atoms with Crippen LogP contribution in [0.3, 0.4) is 0 Å². The second-order valence-electron chi connectivity index (χ2n) is 4.57. The van der Waals surface area contributed by atoms with Crippen molar-refractivity contribution in [3.8, 4) is 0 Å². The first-order valence-electron chi connectivity index (χ1n) is 5.95. The Morgan fingerprint density at radius 1 is 1.47 bits per heavy atom. The average molecular weight is 249 g/mol. The maximum Gasteiger partial charge on any atom is 0.281 e. The number of nitrogens with zero attached hydrogens (tertiary/aromatic N) is 2. The molecule has 0 saturated carbocycles. The molecule has 0 spiro atoms. The van der Waals surface area contributed by atoms with Crippen LogP contribution in [0, 0.1) is 5.92 Å². The summed E-state index contributed by atoms with van der Waals surface area (Å²) in [5.41, 5.74) is 3.82. The van der Waals surface area contributed by atoms with Gasteiger partial charge in [0.25, 0.3) is 5.91 Å². The third-order valence-electron chi connectivity index (χ3n) is 3.49. The second-order valence-corrected chi connectivity index (χ2v) is 5.52. The number of hydrogen-bond donors (Lipinski definition) is 1. The highest BCUT2D eigenvalue weighted by molar-refractivity contribution is 7.12. The van der Waals surface area contributed by atoms with E-state index >= 15 is 0 Å². The van der Waals surface area contributed by atoms with Crippen molar-refractivity contribution in [2.75, 3.05) is 19.6 Å². The molecule has 5 heteroatoms. The van der Waals surface area contributed by atoms with Gasteiger partial charge in [0.2, 0.25) is 0 Å². The van der Waals surface area contributed by atoms with Crippen molar-refractivity contribution in [1.29, 1.82) is 0 Å². The van der Waals surface area contributed by atoms with Gasteiger partial charge in [0.05, 0.1) is 10.6 Å². The molecular formula is C12H15N3OS. The Kier molecular flexibility index (Phi) is 2.94. The van der Waals surface area contributed by atoms with Crippen LogP contribution in [0.2, 0.25) is 0 Å². The molecule has 2 bridgehead atoms. The van der Waals surface area contributed by atoms with E-state index in [9.17, 15) is 4.79 Å². The highest BCUT2D eigenvalue weighted by Gasteiger charge is 2.30. The van der Waals surface area contributed by atoms with Gasteiger partial charge in [-0.1, -0.05) is 6.07 Å². The third kappa shape index (κ3) is 2.25. The Balaban J connectivity index is 1.65. The topological polar surface area (TPSA) is 44.7 Å². The van der Waals surface area contributed by atoms with Crippen LogP contribution in [0.1, 0.15) is 22.5 Å². The van der Waals surface area contributed by atoms with Crippen molar-refractivity contribution in [1.82, 2.24) is 10.3 Å². The van der Waals surface area contributed by atoms with Gasteiger partial charge in [0, 0.05) is 12.5 Å². The number of thiophene rings is 1. The number of hydrazone groups is 1. The number of amides is 1. The van der Waals surface area contributed by atoms with Gasteiger partial charge in [-0.15, -0.1) is 11.3 Å². The fourth-order valence-electron chi connectivity index (χ4n) is 2.49. The smallest absolute Gasteiger partial charge is 0.281 e. The van der Waals surface area contributed by atoms with Gasteiger partial charge in [-0.3, -0.25) is 9.69 Å². The predicted molar refractivity (Wildman–Crippen MR) is 68.4 cm³/mol. The summed E-state index contributed by atoms with van der Waals surface area (Å²) in [6.07, 6.45) is 2.38. The van der Waals surface area contributed by atoms with Crippen LogP contribution in [0.5, 0.6) is 0 Å². The molecule has 1 amide bonds. The molecule has 4 heterocycles. The lowest BCUT2D eigenvalue weighted by Crippen LogP contribution is -2.48. The summed E-state index contributed by atoms with van der Waals surface area (Å²) >= 11 is 1.44. The van der Waals surface area contributed by atoms with Gasteiger partial charge < -0.3 is 0 Å². The fourth-order valence-corrected chi connectivity index (χ4v) is 3.11. The molecule has 3 aliphatic heterocycles. The molecule has 1 aromatic heterocycles. The molecule has 1 aromatic rings. The van der Waals surface area contributed by atoms with Gasteiger partial charge >= 0.3 is 0 Å². The maximum atomic E-state index is 11.7. The number of nitrogens with one attached hydrogen (secondary N) is 1. The standard InChI is InChI=1S/C12H15N3OS/c16-12(11-2-1-7-17-11)14-13-10-8-15-5-3-9(10)4-6-15/h1-2,7,9H,3-6,8H2,(H,14,16)/b13-10+. The van der Waals surface area contributed by atoms with Crippen LogP contribution in [0.25, 0.3) is 0 Å². The fraction of sp³-hybridized carbons (Fsp3) is 0.500. The minimum absolute atomic E-state index is 0.0936. The minimum Gasteiger partial charge on any atom is -0.298 e. The number of hydrogen-bond acceptors (Lipinski definition) is 4. The van der Waals surface area contributed by atoms with Gasteiger partial charge in [-0.2, -0.15) is 5.10 Å². The molecule has 17 heavy (non-hydrogen) atoms. The van der Waals surface area contributed by atoms with Crippen LogP contribution in [-0.4, -0.2) is 36.2 Å². The van der Waals surface area contributed by atoms with E-state index in [1.54, 1.807) is 0 Å². The molecule has 0 aliphatic carbocycles. The zero-order valence-corrected chi connectivity index (χ0v) is 10.4. The van der Waals surface area contributed by atoms with Crippen molar-refractivity contribution in [3.63, 3.8) is 0 Å². The molecule has 90 valence electrons. The van der Waals surface area contributed by atoms with Crippen LogP contribution in [-0.2, 0) is 0 Å². The van der Waals surface area contributed by atoms with Gasteiger partial charge in [0.15, 0.2) is 0 Å². The van der Waals surface area contributed by atoms with E-state index in [1.807, 2.05) is 17.5 Å². The molecule has 3 fully saturated rings. The van der Waals surface area contributed by atoms with E-state index in [0.717, 1.165) is 17.1 Å². The second kappa shape index (κ2) is 4.58. The Hall–Kier alpha value is -1.20. The summed E-state index contributed by atoms with van der Waals surface area (Å²) in [6, 6.07) is 3.69. The molecule has 0 radical (unpaired) electrons. The van der Waals surface area contributed by atoms with Gasteiger partial charge in [-0.05, 0) is 37.4 Å². The highest BCUT2D eigenvalue weighted by atomic mass is 32.1. The minimum atomic E-state index is -0.0936. The van der Waals surface area contributed by atoms with Gasteiger partial charge in [0.1, 0.15) is 0 Å². The summed E-state index contributed by atoms with van der Waals surface area (Å²) < 4.78 is 0. The van der Waals surface area contributed by atoms with E-state index in [4.69, 9.17) is 0 Å². The maximum absolute atomic E-state index is 11.7. The average Bonchev–Trinajstić information content (AvgIpc) is 2.91. The zero-order chi connectivity index (χ0) is 11.7. The van der Waals surface area contributed by atoms with E-state index < -0.39 is 0 Å². The van der Waals surface area contributed by atoms with Crippen molar-refractivity contribution < 1.29 is 4.79 Å². The molecule has 0 aromatic carbocycles. The number of fused-ring (bicyclic) bond motifs is 3. The van der Waals surface area contributed by atoms with Crippen LogP contribution in [0.4, 0.5) is 0 Å².